The summed E-state index contributed by atoms with van der Waals surface area (Å²) in [7, 11) is -3.09. The molecule has 1 aromatic carbocycles. The maximum absolute atomic E-state index is 10.9. The van der Waals surface area contributed by atoms with Gasteiger partial charge in [-0.3, -0.25) is 0 Å². The smallest absolute Gasteiger partial charge is 0.169 e. The molecule has 0 aliphatic heterocycles. The largest absolute Gasteiger partial charge is 0.225 e. The van der Waals surface area contributed by atoms with Crippen LogP contribution in [0.5, 0.6) is 0 Å². The Balaban J connectivity index is 2.89. The Bertz CT molecular complexity index is 514. The Morgan fingerprint density at radius 3 is 2.40 bits per heavy atom. The average Bonchev–Trinajstić information content (AvgIpc) is 2.14. The fraction of sp³-hybridized carbons (Fsp3) is 0.167. The lowest BCUT2D eigenvalue weighted by atomic mass is 10.2. The van der Waals surface area contributed by atoms with Crippen molar-refractivity contribution < 1.29 is 8.42 Å². The summed E-state index contributed by atoms with van der Waals surface area (Å²) in [5.74, 6) is 5.67. The molecule has 1 rings (SSSR count). The Morgan fingerprint density at radius 1 is 1.27 bits per heavy atom. The molecule has 0 heterocycles. The first kappa shape index (κ1) is 11.5. The first-order chi connectivity index (χ1) is 6.97. The number of hydrogen-bond donors (Lipinski definition) is 0. The Kier molecular flexibility index (Phi) is 3.70. The van der Waals surface area contributed by atoms with Gasteiger partial charge in [-0.15, -0.1) is 0 Å². The Hall–Kier alpha value is -1.53. The number of hydrogen-bond acceptors (Lipinski definition) is 2. The molecule has 0 unspecified atom stereocenters. The molecule has 0 fully saturated rings. The molecule has 0 aliphatic carbocycles. The lowest BCUT2D eigenvalue weighted by molar-refractivity contribution is 0.610. The van der Waals surface area contributed by atoms with Crippen LogP contribution in [0.4, 0.5) is 0 Å². The topological polar surface area (TPSA) is 34.1 Å². The van der Waals surface area contributed by atoms with Crippen LogP contribution in [0, 0.1) is 11.8 Å². The Morgan fingerprint density at radius 2 is 1.87 bits per heavy atom. The molecule has 0 atom stereocenters. The maximum atomic E-state index is 10.9. The summed E-state index contributed by atoms with van der Waals surface area (Å²) in [5, 5.41) is 1.17. The molecule has 0 radical (unpaired) electrons. The van der Waals surface area contributed by atoms with E-state index in [1.54, 1.807) is 6.92 Å². The van der Waals surface area contributed by atoms with Gasteiger partial charge in [0.1, 0.15) is 0 Å². The highest BCUT2D eigenvalue weighted by Gasteiger charge is 1.94. The van der Waals surface area contributed by atoms with Gasteiger partial charge in [-0.05, 0) is 19.1 Å². The normalized spacial score (nSPS) is 11.7. The van der Waals surface area contributed by atoms with E-state index >= 15 is 0 Å². The zero-order valence-corrected chi connectivity index (χ0v) is 9.51. The molecule has 0 aliphatic rings. The van der Waals surface area contributed by atoms with E-state index < -0.39 is 9.84 Å². The summed E-state index contributed by atoms with van der Waals surface area (Å²) >= 11 is 0. The summed E-state index contributed by atoms with van der Waals surface area (Å²) in [6.45, 7) is 1.68. The van der Waals surface area contributed by atoms with Crippen molar-refractivity contribution in [3.05, 3.63) is 46.9 Å². The van der Waals surface area contributed by atoms with Crippen molar-refractivity contribution in [2.24, 2.45) is 0 Å². The number of allylic oxidation sites excluding steroid dienone is 1. The van der Waals surface area contributed by atoms with Crippen molar-refractivity contribution in [1.29, 1.82) is 0 Å². The molecule has 0 amide bonds. The Labute approximate surface area is 90.6 Å². The van der Waals surface area contributed by atoms with Crippen LogP contribution in [0.15, 0.2) is 41.3 Å². The summed E-state index contributed by atoms with van der Waals surface area (Å²) in [6.07, 6.45) is 1.15. The predicted octanol–water partition coefficient (Wildman–Crippen LogP) is 1.99. The van der Waals surface area contributed by atoms with Gasteiger partial charge in [0, 0.05) is 22.8 Å². The van der Waals surface area contributed by atoms with Crippen molar-refractivity contribution in [3.63, 3.8) is 0 Å². The highest BCUT2D eigenvalue weighted by atomic mass is 32.2. The van der Waals surface area contributed by atoms with Gasteiger partial charge >= 0.3 is 0 Å². The van der Waals surface area contributed by atoms with Gasteiger partial charge in [0.2, 0.25) is 0 Å². The quantitative estimate of drug-likeness (QED) is 0.678. The second kappa shape index (κ2) is 4.81. The van der Waals surface area contributed by atoms with Gasteiger partial charge in [-0.2, -0.15) is 0 Å². The van der Waals surface area contributed by atoms with E-state index in [2.05, 4.69) is 11.8 Å². The van der Waals surface area contributed by atoms with Crippen LogP contribution in [0.25, 0.3) is 0 Å². The van der Waals surface area contributed by atoms with E-state index in [4.69, 9.17) is 0 Å². The van der Waals surface area contributed by atoms with E-state index in [0.29, 0.717) is 5.57 Å². The standard InChI is InChI=1S/C12H12O2S/c1-11(10-15(2,13)14)8-9-12-6-4-3-5-7-12/h3-7,10H,1-2H3/b11-10+. The summed E-state index contributed by atoms with van der Waals surface area (Å²) in [6, 6.07) is 9.44. The van der Waals surface area contributed by atoms with Crippen LogP contribution >= 0.6 is 0 Å². The van der Waals surface area contributed by atoms with Crippen molar-refractivity contribution >= 4 is 9.84 Å². The van der Waals surface area contributed by atoms with Gasteiger partial charge in [-0.1, -0.05) is 30.0 Å². The summed E-state index contributed by atoms with van der Waals surface area (Å²) in [5.41, 5.74) is 1.42. The molecular formula is C12H12O2S. The van der Waals surface area contributed by atoms with Crippen LogP contribution in [0.2, 0.25) is 0 Å². The molecule has 0 saturated heterocycles. The van der Waals surface area contributed by atoms with Crippen molar-refractivity contribution in [2.45, 2.75) is 6.92 Å². The van der Waals surface area contributed by atoms with E-state index in [9.17, 15) is 8.42 Å². The van der Waals surface area contributed by atoms with Crippen LogP contribution in [-0.2, 0) is 9.84 Å². The van der Waals surface area contributed by atoms with Gasteiger partial charge < -0.3 is 0 Å². The minimum Gasteiger partial charge on any atom is -0.225 e. The SMILES string of the molecule is C/C(C#Cc1ccccc1)=C\S(C)(=O)=O. The first-order valence-electron chi connectivity index (χ1n) is 4.43. The molecule has 0 bridgehead atoms. The van der Waals surface area contributed by atoms with Crippen LogP contribution in [-0.4, -0.2) is 14.7 Å². The molecule has 78 valence electrons. The van der Waals surface area contributed by atoms with Crippen LogP contribution in [0.1, 0.15) is 12.5 Å². The van der Waals surface area contributed by atoms with Crippen molar-refractivity contribution in [2.75, 3.05) is 6.26 Å². The molecule has 3 heteroatoms. The lowest BCUT2D eigenvalue weighted by Crippen LogP contribution is -1.89. The number of rotatable bonds is 1. The fourth-order valence-electron chi connectivity index (χ4n) is 1.04. The van der Waals surface area contributed by atoms with E-state index in [1.807, 2.05) is 30.3 Å². The summed E-state index contributed by atoms with van der Waals surface area (Å²) < 4.78 is 21.8. The monoisotopic (exact) mass is 220 g/mol. The van der Waals surface area contributed by atoms with Crippen molar-refractivity contribution in [1.82, 2.24) is 0 Å². The maximum Gasteiger partial charge on any atom is 0.169 e. The van der Waals surface area contributed by atoms with E-state index in [0.717, 1.165) is 11.8 Å². The zero-order chi connectivity index (χ0) is 11.3. The van der Waals surface area contributed by atoms with Crippen molar-refractivity contribution in [3.8, 4) is 11.8 Å². The molecule has 1 aromatic rings. The summed E-state index contributed by atoms with van der Waals surface area (Å²) in [4.78, 5) is 0. The molecule has 0 saturated carbocycles. The second-order valence-corrected chi connectivity index (χ2v) is 5.14. The zero-order valence-electron chi connectivity index (χ0n) is 8.69. The third kappa shape index (κ3) is 5.04. The van der Waals surface area contributed by atoms with Gasteiger partial charge in [0.05, 0.1) is 0 Å². The minimum absolute atomic E-state index is 0.543. The van der Waals surface area contributed by atoms with E-state index in [1.165, 1.54) is 5.41 Å². The number of sulfone groups is 1. The van der Waals surface area contributed by atoms with Gasteiger partial charge in [-0.25, -0.2) is 8.42 Å². The molecule has 0 spiro atoms. The molecule has 2 nitrogen and oxygen atoms in total. The third-order valence-electron chi connectivity index (χ3n) is 1.57. The van der Waals surface area contributed by atoms with E-state index in [-0.39, 0.29) is 0 Å². The number of benzene rings is 1. The van der Waals surface area contributed by atoms with Gasteiger partial charge in [0.15, 0.2) is 9.84 Å². The third-order valence-corrected chi connectivity index (χ3v) is 2.35. The predicted molar refractivity (Wildman–Crippen MR) is 61.9 cm³/mol. The van der Waals surface area contributed by atoms with Gasteiger partial charge in [0.25, 0.3) is 0 Å². The first-order valence-corrected chi connectivity index (χ1v) is 6.38. The van der Waals surface area contributed by atoms with Crippen LogP contribution < -0.4 is 0 Å². The molecular weight excluding hydrogens is 208 g/mol. The minimum atomic E-state index is -3.09. The molecule has 15 heavy (non-hydrogen) atoms. The highest BCUT2D eigenvalue weighted by molar-refractivity contribution is 7.93. The average molecular weight is 220 g/mol. The fourth-order valence-corrected chi connectivity index (χ4v) is 1.74. The molecule has 0 aromatic heterocycles. The van der Waals surface area contributed by atoms with Crippen LogP contribution in [0.3, 0.4) is 0 Å². The highest BCUT2D eigenvalue weighted by Crippen LogP contribution is 1.98. The molecule has 0 N–H and O–H groups in total. The lowest BCUT2D eigenvalue weighted by Gasteiger charge is -1.89. The second-order valence-electron chi connectivity index (χ2n) is 3.25.